The van der Waals surface area contributed by atoms with Crippen molar-refractivity contribution in [1.29, 1.82) is 0 Å². The number of rotatable bonds is 6. The molecule has 0 saturated heterocycles. The summed E-state index contributed by atoms with van der Waals surface area (Å²) in [5.74, 6) is 0. The lowest BCUT2D eigenvalue weighted by molar-refractivity contribution is 0.472. The Morgan fingerprint density at radius 1 is 0.700 bits per heavy atom. The quantitative estimate of drug-likeness (QED) is 0.167. The largest absolute Gasteiger partial charge is 0.365 e. The minimum Gasteiger partial charge on any atom is -0.345 e. The van der Waals surface area contributed by atoms with E-state index in [1.54, 1.807) is 0 Å². The van der Waals surface area contributed by atoms with Gasteiger partial charge in [-0.15, -0.1) is 0 Å². The molecule has 20 heteroatoms. The molecule has 3 aromatic carbocycles. The Kier molecular flexibility index (Phi) is 6.16. The Bertz CT molecular complexity index is 2270. The fraction of sp³-hybridized carbons (Fsp3) is 0. The number of benzene rings is 3. The van der Waals surface area contributed by atoms with E-state index in [0.29, 0.717) is 24.0 Å². The van der Waals surface area contributed by atoms with Crippen molar-refractivity contribution in [2.75, 3.05) is 0 Å². The van der Waals surface area contributed by atoms with Gasteiger partial charge in [0.2, 0.25) is 0 Å². The maximum atomic E-state index is 12.6. The van der Waals surface area contributed by atoms with Crippen LogP contribution < -0.4 is 0 Å². The van der Waals surface area contributed by atoms with E-state index in [1.165, 1.54) is 24.5 Å². The molecule has 210 valence electrons. The number of imidazole rings is 2. The van der Waals surface area contributed by atoms with Gasteiger partial charge in [0.1, 0.15) is 21.0 Å². The normalized spacial score (nSPS) is 13.3. The summed E-state index contributed by atoms with van der Waals surface area (Å²) >= 11 is 0. The van der Waals surface area contributed by atoms with E-state index in [1.807, 2.05) is 0 Å². The average Bonchev–Trinajstić information content (AvgIpc) is 3.47. The molecule has 0 bridgehead atoms. The van der Waals surface area contributed by atoms with Crippen LogP contribution >= 0.6 is 0 Å². The molecule has 40 heavy (non-hydrogen) atoms. The topological polar surface area (TPSA) is 264 Å². The highest BCUT2D eigenvalue weighted by Crippen LogP contribution is 2.43. The zero-order valence-electron chi connectivity index (χ0n) is 19.2. The molecule has 0 aliphatic rings. The van der Waals surface area contributed by atoms with Gasteiger partial charge in [-0.05, 0) is 35.9 Å². The second-order valence-electron chi connectivity index (χ2n) is 8.20. The summed E-state index contributed by atoms with van der Waals surface area (Å²) in [5, 5.41) is 0. The van der Waals surface area contributed by atoms with E-state index in [9.17, 15) is 51.9 Å². The third-order valence-corrected chi connectivity index (χ3v) is 9.22. The van der Waals surface area contributed by atoms with Gasteiger partial charge in [-0.25, -0.2) is 13.9 Å². The molecule has 0 radical (unpaired) electrons. The van der Waals surface area contributed by atoms with Crippen LogP contribution in [0.1, 0.15) is 0 Å². The van der Waals surface area contributed by atoms with Crippen molar-refractivity contribution in [3.05, 3.63) is 55.1 Å². The fourth-order valence-electron chi connectivity index (χ4n) is 4.30. The zero-order chi connectivity index (χ0) is 29.4. The van der Waals surface area contributed by atoms with Gasteiger partial charge in [0, 0.05) is 16.7 Å². The number of hydrogen-bond donors (Lipinski definition) is 5. The Balaban J connectivity index is 2.06. The predicted octanol–water partition coefficient (Wildman–Crippen LogP) is 1.64. The standard InChI is InChI=1S/C20H14N4O12S4/c25-37(26,27)14-5-4-13-20(24(9-23-13)40(34,35)36)17(14)10-6-15(38(28,29)30)18(16(7-10)39(31,32)33)11-2-1-3-12-19(11)22-8-21-12/h1-9H,(H,21,22)(H,25,26,27)(H,28,29,30)(H,31,32,33)(H,34,35,36). The fourth-order valence-corrected chi connectivity index (χ4v) is 7.17. The molecule has 0 aliphatic carbocycles. The van der Waals surface area contributed by atoms with E-state index < -0.39 is 77.6 Å². The smallest absolute Gasteiger partial charge is 0.345 e. The molecule has 0 unspecified atom stereocenters. The number of hydrogen-bond acceptors (Lipinski definition) is 10. The van der Waals surface area contributed by atoms with Gasteiger partial charge in [-0.1, -0.05) is 12.1 Å². The van der Waals surface area contributed by atoms with Crippen LogP contribution in [0.2, 0.25) is 0 Å². The van der Waals surface area contributed by atoms with Crippen LogP contribution in [0.3, 0.4) is 0 Å². The summed E-state index contributed by atoms with van der Waals surface area (Å²) in [6.07, 6.45) is 1.77. The SMILES string of the molecule is O=S(=O)(O)c1cc(-c2c(S(=O)(=O)O)ccc3ncn(S(=O)(=O)O)c23)cc(S(=O)(=O)O)c1-c1cccc2[nH]cnc12. The number of nitrogens with one attached hydrogen (secondary N) is 1. The third-order valence-electron chi connectivity index (χ3n) is 5.80. The number of para-hydroxylation sites is 1. The van der Waals surface area contributed by atoms with Crippen molar-refractivity contribution < 1.29 is 51.9 Å². The van der Waals surface area contributed by atoms with E-state index in [2.05, 4.69) is 15.0 Å². The maximum Gasteiger partial charge on any atom is 0.365 e. The molecule has 2 heterocycles. The number of nitrogens with zero attached hydrogens (tertiary/aromatic N) is 3. The molecule has 5 N–H and O–H groups in total. The zero-order valence-corrected chi connectivity index (χ0v) is 22.5. The number of aromatic nitrogens is 4. The Morgan fingerprint density at radius 2 is 1.30 bits per heavy atom. The summed E-state index contributed by atoms with van der Waals surface area (Å²) in [4.78, 5) is 7.08. The van der Waals surface area contributed by atoms with E-state index in [0.717, 1.165) is 12.1 Å². The van der Waals surface area contributed by atoms with Gasteiger partial charge in [0.25, 0.3) is 30.4 Å². The molecule has 0 spiro atoms. The van der Waals surface area contributed by atoms with Crippen LogP contribution in [-0.2, 0) is 40.7 Å². The lowest BCUT2D eigenvalue weighted by Crippen LogP contribution is -2.12. The van der Waals surface area contributed by atoms with Crippen LogP contribution in [0.25, 0.3) is 44.3 Å². The van der Waals surface area contributed by atoms with Crippen molar-refractivity contribution in [3.8, 4) is 22.3 Å². The summed E-state index contributed by atoms with van der Waals surface area (Å²) in [7, 11) is -21.2. The second-order valence-corrected chi connectivity index (χ2v) is 13.7. The molecule has 0 amide bonds. The number of fused-ring (bicyclic) bond motifs is 2. The van der Waals surface area contributed by atoms with Crippen molar-refractivity contribution in [3.63, 3.8) is 0 Å². The molecule has 2 aromatic heterocycles. The molecule has 0 atom stereocenters. The number of aromatic amines is 1. The maximum absolute atomic E-state index is 12.6. The predicted molar refractivity (Wildman–Crippen MR) is 137 cm³/mol. The molecular formula is C20H14N4O12S4. The molecule has 16 nitrogen and oxygen atoms in total. The minimum absolute atomic E-state index is 0.0234. The Morgan fingerprint density at radius 3 is 1.85 bits per heavy atom. The first-order chi connectivity index (χ1) is 18.4. The molecular weight excluding hydrogens is 617 g/mol. The van der Waals surface area contributed by atoms with Gasteiger partial charge >= 0.3 is 10.3 Å². The van der Waals surface area contributed by atoms with Crippen molar-refractivity contribution >= 4 is 62.7 Å². The molecule has 5 rings (SSSR count). The lowest BCUT2D eigenvalue weighted by Gasteiger charge is -2.17. The van der Waals surface area contributed by atoms with Crippen LogP contribution in [0.15, 0.2) is 69.8 Å². The molecule has 0 fully saturated rings. The summed E-state index contributed by atoms with van der Waals surface area (Å²) in [6, 6.07) is 7.02. The summed E-state index contributed by atoms with van der Waals surface area (Å²) < 4.78 is 139. The number of H-pyrrole nitrogens is 1. The van der Waals surface area contributed by atoms with Gasteiger partial charge in [-0.2, -0.15) is 33.7 Å². The Labute approximate surface area is 225 Å². The second kappa shape index (κ2) is 8.87. The lowest BCUT2D eigenvalue weighted by atomic mass is 9.98. The molecule has 5 aromatic rings. The van der Waals surface area contributed by atoms with E-state index in [4.69, 9.17) is 0 Å². The monoisotopic (exact) mass is 630 g/mol. The van der Waals surface area contributed by atoms with Gasteiger partial charge in [0.05, 0.1) is 28.4 Å². The van der Waals surface area contributed by atoms with Crippen molar-refractivity contribution in [2.24, 2.45) is 0 Å². The first kappa shape index (κ1) is 27.8. The van der Waals surface area contributed by atoms with Crippen LogP contribution in [-0.4, -0.2) is 70.8 Å². The van der Waals surface area contributed by atoms with E-state index in [-0.39, 0.29) is 20.6 Å². The van der Waals surface area contributed by atoms with Gasteiger partial charge in [0.15, 0.2) is 0 Å². The Hall–Kier alpha value is -3.76. The molecule has 0 aliphatic heterocycles. The van der Waals surface area contributed by atoms with Gasteiger partial charge < -0.3 is 4.98 Å². The highest BCUT2D eigenvalue weighted by molar-refractivity contribution is 7.87. The summed E-state index contributed by atoms with van der Waals surface area (Å²) in [5.41, 5.74) is -3.21. The minimum atomic E-state index is -5.39. The third kappa shape index (κ3) is 4.65. The first-order valence-corrected chi connectivity index (χ1v) is 16.1. The van der Waals surface area contributed by atoms with Crippen molar-refractivity contribution in [2.45, 2.75) is 14.7 Å². The van der Waals surface area contributed by atoms with E-state index >= 15 is 0 Å². The van der Waals surface area contributed by atoms with Crippen LogP contribution in [0.5, 0.6) is 0 Å². The van der Waals surface area contributed by atoms with Crippen LogP contribution in [0, 0.1) is 0 Å². The van der Waals surface area contributed by atoms with Gasteiger partial charge in [-0.3, -0.25) is 18.2 Å². The van der Waals surface area contributed by atoms with Crippen LogP contribution in [0.4, 0.5) is 0 Å². The average molecular weight is 631 g/mol. The first-order valence-electron chi connectivity index (χ1n) is 10.4. The van der Waals surface area contributed by atoms with Crippen molar-refractivity contribution in [1.82, 2.24) is 18.9 Å². The highest BCUT2D eigenvalue weighted by Gasteiger charge is 2.32. The highest BCUT2D eigenvalue weighted by atomic mass is 32.2. The molecule has 0 saturated carbocycles. The summed E-state index contributed by atoms with van der Waals surface area (Å²) in [6.45, 7) is 0.